The van der Waals surface area contributed by atoms with Crippen LogP contribution in [0.4, 0.5) is 5.69 Å². The van der Waals surface area contributed by atoms with E-state index >= 15 is 0 Å². The Balaban J connectivity index is 1.97. The highest BCUT2D eigenvalue weighted by molar-refractivity contribution is 6.31. The number of halogens is 2. The number of hydrogen-bond acceptors (Lipinski definition) is 3. The van der Waals surface area contributed by atoms with E-state index in [1.165, 1.54) is 0 Å². The maximum absolute atomic E-state index is 13.6. The molecule has 2 aromatic carbocycles. The fraction of sp³-hybridized carbons (Fsp3) is 0.364. The maximum Gasteiger partial charge on any atom is 0.321 e. The van der Waals surface area contributed by atoms with Crippen LogP contribution in [0, 0.1) is 0 Å². The molecule has 1 saturated heterocycles. The SMILES string of the molecule is CCCC[C@H]1N[C@@H](C(=O)O)[C@H](c2cccc(Cl)c2)[C@@]12C(=O)Nc1cc(Cl)ccc12. The standard InChI is InChI=1S/C22H22Cl2N2O3/c1-2-3-7-17-22(15-9-8-14(24)11-16(15)25-21(22)29)18(19(26-17)20(27)28)12-5-4-6-13(23)10-12/h4-6,8-11,17-19,26H,2-3,7H2,1H3,(H,25,29)(H,27,28)/t17-,18+,19-,22+/m1/s1. The summed E-state index contributed by atoms with van der Waals surface area (Å²) in [5.41, 5.74) is 1.11. The summed E-state index contributed by atoms with van der Waals surface area (Å²) in [5, 5.41) is 17.3. The highest BCUT2D eigenvalue weighted by Crippen LogP contribution is 2.55. The fourth-order valence-corrected chi connectivity index (χ4v) is 5.37. The molecule has 1 fully saturated rings. The average Bonchev–Trinajstić information content (AvgIpc) is 3.16. The highest BCUT2D eigenvalue weighted by atomic mass is 35.5. The number of carboxylic acid groups (broad SMARTS) is 1. The van der Waals surface area contributed by atoms with Gasteiger partial charge >= 0.3 is 5.97 Å². The molecule has 3 N–H and O–H groups in total. The molecule has 0 saturated carbocycles. The van der Waals surface area contributed by atoms with Crippen molar-refractivity contribution >= 4 is 40.8 Å². The summed E-state index contributed by atoms with van der Waals surface area (Å²) in [5.74, 6) is -1.79. The van der Waals surface area contributed by atoms with Gasteiger partial charge in [-0.1, -0.05) is 61.2 Å². The lowest BCUT2D eigenvalue weighted by Crippen LogP contribution is -2.48. The van der Waals surface area contributed by atoms with Crippen LogP contribution in [0.15, 0.2) is 42.5 Å². The van der Waals surface area contributed by atoms with Crippen LogP contribution < -0.4 is 10.6 Å². The molecule has 0 aliphatic carbocycles. The van der Waals surface area contributed by atoms with Crippen molar-refractivity contribution in [2.24, 2.45) is 0 Å². The Kier molecular flexibility index (Phi) is 5.32. The summed E-state index contributed by atoms with van der Waals surface area (Å²) >= 11 is 12.4. The molecule has 0 aromatic heterocycles. The summed E-state index contributed by atoms with van der Waals surface area (Å²) in [4.78, 5) is 25.8. The van der Waals surface area contributed by atoms with Crippen molar-refractivity contribution in [3.63, 3.8) is 0 Å². The first kappa shape index (κ1) is 20.2. The van der Waals surface area contributed by atoms with E-state index in [1.54, 1.807) is 30.3 Å². The number of aliphatic carboxylic acids is 1. The molecule has 1 spiro atoms. The van der Waals surface area contributed by atoms with Crippen molar-refractivity contribution in [3.05, 3.63) is 63.6 Å². The van der Waals surface area contributed by atoms with Gasteiger partial charge in [0.25, 0.3) is 0 Å². The minimum absolute atomic E-state index is 0.197. The number of rotatable bonds is 5. The van der Waals surface area contributed by atoms with E-state index in [4.69, 9.17) is 23.2 Å². The molecule has 0 bridgehead atoms. The molecule has 1 amide bonds. The number of anilines is 1. The molecular weight excluding hydrogens is 411 g/mol. The van der Waals surface area contributed by atoms with E-state index in [2.05, 4.69) is 17.6 Å². The average molecular weight is 433 g/mol. The highest BCUT2D eigenvalue weighted by Gasteiger charge is 2.65. The summed E-state index contributed by atoms with van der Waals surface area (Å²) in [7, 11) is 0. The summed E-state index contributed by atoms with van der Waals surface area (Å²) in [6, 6.07) is 11.2. The van der Waals surface area contributed by atoms with Gasteiger partial charge < -0.3 is 10.4 Å². The molecule has 29 heavy (non-hydrogen) atoms. The van der Waals surface area contributed by atoms with Crippen molar-refractivity contribution < 1.29 is 14.7 Å². The fourth-order valence-electron chi connectivity index (χ4n) is 5.00. The van der Waals surface area contributed by atoms with Crippen LogP contribution in [0.1, 0.15) is 43.2 Å². The largest absolute Gasteiger partial charge is 0.480 e. The normalized spacial score (nSPS) is 27.8. The minimum Gasteiger partial charge on any atom is -0.480 e. The number of hydrogen-bond donors (Lipinski definition) is 3. The van der Waals surface area contributed by atoms with E-state index < -0.39 is 23.3 Å². The van der Waals surface area contributed by atoms with Crippen LogP contribution in [0.3, 0.4) is 0 Å². The zero-order valence-corrected chi connectivity index (χ0v) is 17.4. The lowest BCUT2D eigenvalue weighted by molar-refractivity contribution is -0.139. The van der Waals surface area contributed by atoms with E-state index in [0.717, 1.165) is 24.0 Å². The van der Waals surface area contributed by atoms with Gasteiger partial charge in [0, 0.05) is 27.7 Å². The molecular formula is C22H22Cl2N2O3. The van der Waals surface area contributed by atoms with Crippen LogP contribution in [0.5, 0.6) is 0 Å². The zero-order chi connectivity index (χ0) is 20.8. The van der Waals surface area contributed by atoms with Gasteiger partial charge in [0.05, 0.1) is 0 Å². The Morgan fingerprint density at radius 2 is 1.93 bits per heavy atom. The van der Waals surface area contributed by atoms with Crippen molar-refractivity contribution in [2.75, 3.05) is 5.32 Å². The minimum atomic E-state index is -1.05. The Hall–Kier alpha value is -2.08. The predicted octanol–water partition coefficient (Wildman–Crippen LogP) is 4.58. The van der Waals surface area contributed by atoms with Crippen LogP contribution in [0.2, 0.25) is 10.0 Å². The van der Waals surface area contributed by atoms with Gasteiger partial charge in [-0.05, 0) is 41.8 Å². The molecule has 4 atom stereocenters. The molecule has 4 rings (SSSR count). The quantitative estimate of drug-likeness (QED) is 0.645. The van der Waals surface area contributed by atoms with E-state index in [1.807, 2.05) is 12.1 Å². The molecule has 152 valence electrons. The van der Waals surface area contributed by atoms with Crippen LogP contribution in [-0.2, 0) is 15.0 Å². The topological polar surface area (TPSA) is 78.4 Å². The monoisotopic (exact) mass is 432 g/mol. The van der Waals surface area contributed by atoms with Gasteiger partial charge in [-0.25, -0.2) is 0 Å². The molecule has 0 unspecified atom stereocenters. The number of unbranched alkanes of at least 4 members (excludes halogenated alkanes) is 1. The van der Waals surface area contributed by atoms with E-state index in [-0.39, 0.29) is 11.9 Å². The van der Waals surface area contributed by atoms with Crippen LogP contribution >= 0.6 is 23.2 Å². The zero-order valence-electron chi connectivity index (χ0n) is 15.9. The second-order valence-electron chi connectivity index (χ2n) is 7.72. The third kappa shape index (κ3) is 3.12. The second kappa shape index (κ2) is 7.63. The lowest BCUT2D eigenvalue weighted by Gasteiger charge is -2.35. The number of benzene rings is 2. The predicted molar refractivity (Wildman–Crippen MR) is 114 cm³/mol. The number of carbonyl (C=O) groups excluding carboxylic acids is 1. The number of fused-ring (bicyclic) bond motifs is 2. The Morgan fingerprint density at radius 1 is 1.17 bits per heavy atom. The molecule has 2 aliphatic heterocycles. The van der Waals surface area contributed by atoms with Gasteiger partial charge in [-0.2, -0.15) is 0 Å². The summed E-state index contributed by atoms with van der Waals surface area (Å²) < 4.78 is 0. The maximum atomic E-state index is 13.6. The van der Waals surface area contributed by atoms with Crippen molar-refractivity contribution in [1.29, 1.82) is 0 Å². The lowest BCUT2D eigenvalue weighted by atomic mass is 9.64. The first-order valence-electron chi connectivity index (χ1n) is 9.75. The van der Waals surface area contributed by atoms with Crippen molar-refractivity contribution in [3.8, 4) is 0 Å². The van der Waals surface area contributed by atoms with E-state index in [0.29, 0.717) is 22.2 Å². The first-order valence-corrected chi connectivity index (χ1v) is 10.5. The Morgan fingerprint density at radius 3 is 2.62 bits per heavy atom. The smallest absolute Gasteiger partial charge is 0.321 e. The van der Waals surface area contributed by atoms with Crippen molar-refractivity contribution in [2.45, 2.75) is 49.6 Å². The van der Waals surface area contributed by atoms with Gasteiger partial charge in [-0.3, -0.25) is 14.9 Å². The van der Waals surface area contributed by atoms with Crippen molar-refractivity contribution in [1.82, 2.24) is 5.32 Å². The number of carbonyl (C=O) groups is 2. The third-order valence-corrected chi connectivity index (χ3v) is 6.60. The van der Waals surface area contributed by atoms with Gasteiger partial charge in [0.2, 0.25) is 5.91 Å². The van der Waals surface area contributed by atoms with Gasteiger partial charge in [0.15, 0.2) is 0 Å². The summed E-state index contributed by atoms with van der Waals surface area (Å²) in [6.07, 6.45) is 2.51. The van der Waals surface area contributed by atoms with Crippen LogP contribution in [-0.4, -0.2) is 29.1 Å². The second-order valence-corrected chi connectivity index (χ2v) is 8.60. The molecule has 5 nitrogen and oxygen atoms in total. The molecule has 7 heteroatoms. The number of carboxylic acids is 1. The van der Waals surface area contributed by atoms with E-state index in [9.17, 15) is 14.7 Å². The Bertz CT molecular complexity index is 980. The molecule has 2 aromatic rings. The Labute approximate surface area is 179 Å². The molecule has 2 heterocycles. The molecule has 2 aliphatic rings. The number of amides is 1. The first-order chi connectivity index (χ1) is 13.9. The van der Waals surface area contributed by atoms with Crippen LogP contribution in [0.25, 0.3) is 0 Å². The molecule has 0 radical (unpaired) electrons. The third-order valence-electron chi connectivity index (χ3n) is 6.13. The summed E-state index contributed by atoms with van der Waals surface area (Å²) in [6.45, 7) is 2.08. The van der Waals surface area contributed by atoms with Gasteiger partial charge in [-0.15, -0.1) is 0 Å². The number of nitrogens with one attached hydrogen (secondary N) is 2. The van der Waals surface area contributed by atoms with Gasteiger partial charge in [0.1, 0.15) is 11.5 Å².